The Balaban J connectivity index is 1.37. The Morgan fingerprint density at radius 2 is 0.956 bits per heavy atom. The number of rotatable bonds is 28. The zero-order chi connectivity index (χ0) is 32.4. The fraction of sp³-hybridized carbons (Fsp3) is 0.684. The van der Waals surface area contributed by atoms with Gasteiger partial charge in [0.2, 0.25) is 0 Å². The van der Waals surface area contributed by atoms with E-state index in [0.29, 0.717) is 11.4 Å². The molecule has 0 bridgehead atoms. The third-order valence-electron chi connectivity index (χ3n) is 8.72. The predicted octanol–water partition coefficient (Wildman–Crippen LogP) is 12.3. The number of non-ortho nitro benzene ring substituents is 1. The van der Waals surface area contributed by atoms with E-state index in [9.17, 15) is 10.1 Å². The average molecular weight is 624 g/mol. The molecule has 0 unspecified atom stereocenters. The molecule has 2 aromatic rings. The lowest BCUT2D eigenvalue weighted by Gasteiger charge is -2.30. The molecule has 7 nitrogen and oxygen atoms in total. The van der Waals surface area contributed by atoms with Crippen molar-refractivity contribution in [3.8, 4) is 5.75 Å². The van der Waals surface area contributed by atoms with Gasteiger partial charge in [0.15, 0.2) is 0 Å². The Kier molecular flexibility index (Phi) is 20.8. The molecule has 0 atom stereocenters. The first-order chi connectivity index (χ1) is 21.9. The summed E-state index contributed by atoms with van der Waals surface area (Å²) >= 11 is 0. The molecule has 0 aliphatic carbocycles. The Bertz CT molecular complexity index is 1040. The average Bonchev–Trinajstić information content (AvgIpc) is 3.04. The summed E-state index contributed by atoms with van der Waals surface area (Å²) in [7, 11) is 4.85. The molecule has 45 heavy (non-hydrogen) atoms. The fourth-order valence-electron chi connectivity index (χ4n) is 5.75. The molecule has 0 fully saturated rings. The van der Waals surface area contributed by atoms with Gasteiger partial charge >= 0.3 is 0 Å². The Morgan fingerprint density at radius 1 is 0.578 bits per heavy atom. The van der Waals surface area contributed by atoms with E-state index < -0.39 is 4.92 Å². The van der Waals surface area contributed by atoms with Gasteiger partial charge in [-0.3, -0.25) is 10.1 Å². The molecule has 0 amide bonds. The fourth-order valence-corrected chi connectivity index (χ4v) is 5.75. The van der Waals surface area contributed by atoms with Gasteiger partial charge in [-0.25, -0.2) is 0 Å². The largest absolute Gasteiger partial charge is 0.494 e. The van der Waals surface area contributed by atoms with Crippen molar-refractivity contribution in [2.45, 2.75) is 135 Å². The molecule has 0 saturated heterocycles. The molecule has 0 saturated carbocycles. The van der Waals surface area contributed by atoms with E-state index in [2.05, 4.69) is 31.2 Å². The van der Waals surface area contributed by atoms with Gasteiger partial charge in [-0.2, -0.15) is 10.2 Å². The van der Waals surface area contributed by atoms with E-state index in [1.54, 1.807) is 12.1 Å². The van der Waals surface area contributed by atoms with Crippen molar-refractivity contribution in [3.63, 3.8) is 0 Å². The van der Waals surface area contributed by atoms with Crippen LogP contribution in [0.25, 0.3) is 0 Å². The molecule has 0 radical (unpaired) electrons. The number of hydrogen-bond acceptors (Lipinski definition) is 5. The van der Waals surface area contributed by atoms with Gasteiger partial charge in [0.1, 0.15) is 5.75 Å². The van der Waals surface area contributed by atoms with Gasteiger partial charge in [0.25, 0.3) is 5.69 Å². The standard InChI is InChI=1S/C38H63N4O3/c1-4-5-6-7-8-9-12-15-18-21-32-42(2,3)33-22-19-16-13-10-11-14-17-20-23-34-45-38-30-26-36(27-31-38)40-39-35-24-28-37(29-25-35)41(43)44/h24-31H,4-23,32-34H2,1-3H3/q+1. The molecule has 252 valence electrons. The number of nitro groups is 1. The van der Waals surface area contributed by atoms with Gasteiger partial charge in [-0.15, -0.1) is 0 Å². The first-order valence-electron chi connectivity index (χ1n) is 18.1. The Hall–Kier alpha value is -2.80. The van der Waals surface area contributed by atoms with Crippen LogP contribution in [0.3, 0.4) is 0 Å². The monoisotopic (exact) mass is 623 g/mol. The third-order valence-corrected chi connectivity index (χ3v) is 8.72. The maximum absolute atomic E-state index is 10.7. The van der Waals surface area contributed by atoms with Crippen LogP contribution in [0.1, 0.15) is 135 Å². The molecule has 0 heterocycles. The predicted molar refractivity (Wildman–Crippen MR) is 189 cm³/mol. The molecular formula is C38H63N4O3+. The summed E-state index contributed by atoms with van der Waals surface area (Å²) in [6, 6.07) is 13.6. The van der Waals surface area contributed by atoms with Crippen molar-refractivity contribution < 1.29 is 14.1 Å². The molecule has 0 N–H and O–H groups in total. The van der Waals surface area contributed by atoms with Gasteiger partial charge in [-0.1, -0.05) is 103 Å². The lowest BCUT2D eigenvalue weighted by atomic mass is 10.1. The maximum atomic E-state index is 10.7. The highest BCUT2D eigenvalue weighted by Gasteiger charge is 2.13. The van der Waals surface area contributed by atoms with E-state index >= 15 is 0 Å². The van der Waals surface area contributed by atoms with Crippen LogP contribution in [0.2, 0.25) is 0 Å². The van der Waals surface area contributed by atoms with Crippen LogP contribution in [0, 0.1) is 10.1 Å². The van der Waals surface area contributed by atoms with Crippen LogP contribution in [-0.2, 0) is 0 Å². The molecule has 0 spiro atoms. The van der Waals surface area contributed by atoms with Crippen molar-refractivity contribution in [1.82, 2.24) is 0 Å². The number of unbranched alkanes of at least 4 members (excludes halogenated alkanes) is 18. The van der Waals surface area contributed by atoms with Crippen molar-refractivity contribution in [2.75, 3.05) is 33.8 Å². The van der Waals surface area contributed by atoms with Gasteiger partial charge < -0.3 is 9.22 Å². The number of nitro benzene ring substituents is 1. The number of hydrogen-bond donors (Lipinski definition) is 0. The highest BCUT2D eigenvalue weighted by molar-refractivity contribution is 5.45. The van der Waals surface area contributed by atoms with E-state index in [4.69, 9.17) is 4.74 Å². The number of azo groups is 1. The molecule has 2 rings (SSSR count). The SMILES string of the molecule is CCCCCCCCCCCC[N+](C)(C)CCCCCCCCCCCCOc1ccc(N=Nc2ccc([N+](=O)[O-])cc2)cc1. The number of benzene rings is 2. The quantitative estimate of drug-likeness (QED) is 0.0311. The number of nitrogens with zero attached hydrogens (tertiary/aromatic N) is 4. The van der Waals surface area contributed by atoms with Crippen molar-refractivity contribution in [3.05, 3.63) is 58.6 Å². The number of quaternary nitrogens is 1. The van der Waals surface area contributed by atoms with Gasteiger partial charge in [0.05, 0.1) is 50.1 Å². The zero-order valence-electron chi connectivity index (χ0n) is 28.9. The van der Waals surface area contributed by atoms with Crippen LogP contribution < -0.4 is 4.74 Å². The molecule has 2 aromatic carbocycles. The topological polar surface area (TPSA) is 77.1 Å². The second-order valence-electron chi connectivity index (χ2n) is 13.4. The van der Waals surface area contributed by atoms with Crippen molar-refractivity contribution >= 4 is 17.1 Å². The Morgan fingerprint density at radius 3 is 1.38 bits per heavy atom. The van der Waals surface area contributed by atoms with E-state index in [1.165, 1.54) is 152 Å². The second-order valence-corrected chi connectivity index (χ2v) is 13.4. The van der Waals surface area contributed by atoms with Gasteiger partial charge in [0, 0.05) is 12.1 Å². The van der Waals surface area contributed by atoms with Crippen LogP contribution in [0.15, 0.2) is 58.8 Å². The van der Waals surface area contributed by atoms with Crippen molar-refractivity contribution in [1.29, 1.82) is 0 Å². The van der Waals surface area contributed by atoms with Gasteiger partial charge in [-0.05, 0) is 68.5 Å². The molecule has 0 aromatic heterocycles. The first-order valence-corrected chi connectivity index (χ1v) is 18.1. The molecule has 7 heteroatoms. The lowest BCUT2D eigenvalue weighted by Crippen LogP contribution is -2.41. The summed E-state index contributed by atoms with van der Waals surface area (Å²) in [6.07, 6.45) is 27.4. The van der Waals surface area contributed by atoms with E-state index in [-0.39, 0.29) is 5.69 Å². The van der Waals surface area contributed by atoms with Crippen LogP contribution in [0.4, 0.5) is 17.1 Å². The Labute approximate surface area is 274 Å². The molecule has 0 aliphatic heterocycles. The van der Waals surface area contributed by atoms with E-state index in [0.717, 1.165) is 18.8 Å². The first kappa shape index (κ1) is 38.4. The highest BCUT2D eigenvalue weighted by atomic mass is 16.6. The minimum atomic E-state index is -0.428. The summed E-state index contributed by atoms with van der Waals surface area (Å²) in [5, 5.41) is 19.1. The normalized spacial score (nSPS) is 11.8. The zero-order valence-corrected chi connectivity index (χ0v) is 28.9. The van der Waals surface area contributed by atoms with Crippen molar-refractivity contribution in [2.24, 2.45) is 10.2 Å². The highest BCUT2D eigenvalue weighted by Crippen LogP contribution is 2.23. The summed E-state index contributed by atoms with van der Waals surface area (Å²) in [6.45, 7) is 5.70. The maximum Gasteiger partial charge on any atom is 0.269 e. The molecular weight excluding hydrogens is 560 g/mol. The van der Waals surface area contributed by atoms with Crippen LogP contribution in [-0.4, -0.2) is 43.2 Å². The minimum absolute atomic E-state index is 0.0417. The van der Waals surface area contributed by atoms with E-state index in [1.807, 2.05) is 24.3 Å². The minimum Gasteiger partial charge on any atom is -0.494 e. The summed E-state index contributed by atoms with van der Waals surface area (Å²) in [4.78, 5) is 10.3. The lowest BCUT2D eigenvalue weighted by molar-refractivity contribution is -0.890. The second kappa shape index (κ2) is 24.4. The number of ether oxygens (including phenoxy) is 1. The van der Waals surface area contributed by atoms with Crippen LogP contribution >= 0.6 is 0 Å². The summed E-state index contributed by atoms with van der Waals surface area (Å²) < 4.78 is 7.08. The molecule has 0 aliphatic rings. The van der Waals surface area contributed by atoms with Crippen LogP contribution in [0.5, 0.6) is 5.75 Å². The smallest absolute Gasteiger partial charge is 0.269 e. The summed E-state index contributed by atoms with van der Waals surface area (Å²) in [5.74, 6) is 0.838. The summed E-state index contributed by atoms with van der Waals surface area (Å²) in [5.41, 5.74) is 1.33. The third kappa shape index (κ3) is 20.0.